The third kappa shape index (κ3) is 5.17. The Morgan fingerprint density at radius 2 is 1.59 bits per heavy atom. The predicted octanol–water partition coefficient (Wildman–Crippen LogP) is 3.65. The fourth-order valence-corrected chi connectivity index (χ4v) is 3.89. The van der Waals surface area contributed by atoms with Crippen LogP contribution >= 0.6 is 0 Å². The molecule has 4 heteroatoms. The normalized spacial score (nSPS) is 22.3. The van der Waals surface area contributed by atoms with Crippen LogP contribution < -0.4 is 0 Å². The third-order valence-corrected chi connectivity index (χ3v) is 5.51. The molecule has 4 nitrogen and oxygen atoms in total. The van der Waals surface area contributed by atoms with Crippen LogP contribution in [0.2, 0.25) is 0 Å². The summed E-state index contributed by atoms with van der Waals surface area (Å²) in [6.07, 6.45) is 3.03. The molecule has 2 aromatic carbocycles. The van der Waals surface area contributed by atoms with Crippen molar-refractivity contribution in [3.63, 3.8) is 0 Å². The van der Waals surface area contributed by atoms with Gasteiger partial charge < -0.3 is 19.1 Å². The molecule has 2 heterocycles. The fourth-order valence-electron chi connectivity index (χ4n) is 3.89. The molecule has 0 bridgehead atoms. The quantitative estimate of drug-likeness (QED) is 0.747. The Morgan fingerprint density at radius 3 is 2.30 bits per heavy atom. The van der Waals surface area contributed by atoms with Crippen molar-refractivity contribution < 1.29 is 14.2 Å². The summed E-state index contributed by atoms with van der Waals surface area (Å²) in [6, 6.07) is 21.0. The summed E-state index contributed by atoms with van der Waals surface area (Å²) in [5.41, 5.74) is 2.60. The van der Waals surface area contributed by atoms with Crippen LogP contribution in [-0.4, -0.2) is 49.6 Å². The van der Waals surface area contributed by atoms with E-state index in [9.17, 15) is 0 Å². The van der Waals surface area contributed by atoms with Gasteiger partial charge >= 0.3 is 0 Å². The first-order valence-corrected chi connectivity index (χ1v) is 10.0. The molecule has 27 heavy (non-hydrogen) atoms. The van der Waals surface area contributed by atoms with Crippen LogP contribution in [0.25, 0.3) is 0 Å². The average molecular weight is 367 g/mol. The monoisotopic (exact) mass is 367 g/mol. The first-order chi connectivity index (χ1) is 13.3. The largest absolute Gasteiger partial charge is 0.374 e. The molecule has 2 aromatic rings. The van der Waals surface area contributed by atoms with Gasteiger partial charge in [0, 0.05) is 32.5 Å². The summed E-state index contributed by atoms with van der Waals surface area (Å²) in [7, 11) is 0. The SMILES string of the molecule is c1ccc(CCN2CCC3(CC2)OCC(COCc2ccccc2)O3)cc1. The first kappa shape index (κ1) is 18.6. The second kappa shape index (κ2) is 8.98. The van der Waals surface area contributed by atoms with Gasteiger partial charge in [-0.25, -0.2) is 0 Å². The number of rotatable bonds is 7. The van der Waals surface area contributed by atoms with Gasteiger partial charge in [0.05, 0.1) is 19.8 Å². The van der Waals surface area contributed by atoms with Gasteiger partial charge in [-0.3, -0.25) is 0 Å². The Hall–Kier alpha value is -1.72. The number of ether oxygens (including phenoxy) is 3. The summed E-state index contributed by atoms with van der Waals surface area (Å²) in [4.78, 5) is 2.52. The molecule has 0 saturated carbocycles. The Morgan fingerprint density at radius 1 is 0.926 bits per heavy atom. The molecule has 0 amide bonds. The summed E-state index contributed by atoms with van der Waals surface area (Å²) >= 11 is 0. The molecule has 0 aromatic heterocycles. The highest BCUT2D eigenvalue weighted by Gasteiger charge is 2.43. The highest BCUT2D eigenvalue weighted by Crippen LogP contribution is 2.34. The average Bonchev–Trinajstić information content (AvgIpc) is 3.12. The molecule has 4 rings (SSSR count). The lowest BCUT2D eigenvalue weighted by atomic mass is 10.0. The standard InChI is InChI=1S/C23H29NO3/c1-3-7-20(8-4-1)11-14-24-15-12-23(13-16-24)26-19-22(27-23)18-25-17-21-9-5-2-6-10-21/h1-10,22H,11-19H2. The third-order valence-electron chi connectivity index (χ3n) is 5.51. The summed E-state index contributed by atoms with van der Waals surface area (Å²) in [5.74, 6) is -0.385. The highest BCUT2D eigenvalue weighted by atomic mass is 16.7. The molecule has 2 fully saturated rings. The van der Waals surface area contributed by atoms with Gasteiger partial charge in [-0.1, -0.05) is 60.7 Å². The molecule has 2 aliphatic heterocycles. The van der Waals surface area contributed by atoms with E-state index in [1.807, 2.05) is 18.2 Å². The maximum Gasteiger partial charge on any atom is 0.171 e. The van der Waals surface area contributed by atoms with Gasteiger partial charge in [-0.15, -0.1) is 0 Å². The lowest BCUT2D eigenvalue weighted by Crippen LogP contribution is -2.46. The zero-order chi connectivity index (χ0) is 18.4. The van der Waals surface area contributed by atoms with Gasteiger partial charge in [0.15, 0.2) is 5.79 Å². The second-order valence-electron chi connectivity index (χ2n) is 7.54. The summed E-state index contributed by atoms with van der Waals surface area (Å²) in [5, 5.41) is 0. The minimum absolute atomic E-state index is 0.0459. The molecule has 0 radical (unpaired) electrons. The molecule has 2 aliphatic rings. The van der Waals surface area contributed by atoms with E-state index in [1.54, 1.807) is 0 Å². The minimum Gasteiger partial charge on any atom is -0.374 e. The number of piperidine rings is 1. The molecule has 1 unspecified atom stereocenters. The molecule has 0 N–H and O–H groups in total. The molecule has 144 valence electrons. The minimum atomic E-state index is -0.385. The van der Waals surface area contributed by atoms with Gasteiger partial charge in [-0.2, -0.15) is 0 Å². The Kier molecular flexibility index (Phi) is 6.20. The molecule has 2 saturated heterocycles. The van der Waals surface area contributed by atoms with E-state index in [1.165, 1.54) is 11.1 Å². The van der Waals surface area contributed by atoms with Gasteiger partial charge in [0.2, 0.25) is 0 Å². The highest BCUT2D eigenvalue weighted by molar-refractivity contribution is 5.15. The van der Waals surface area contributed by atoms with Gasteiger partial charge in [0.25, 0.3) is 0 Å². The topological polar surface area (TPSA) is 30.9 Å². The Labute approximate surface area is 162 Å². The van der Waals surface area contributed by atoms with Crippen molar-refractivity contribution in [1.82, 2.24) is 4.90 Å². The van der Waals surface area contributed by atoms with Crippen molar-refractivity contribution >= 4 is 0 Å². The number of likely N-dealkylation sites (tertiary alicyclic amines) is 1. The van der Waals surface area contributed by atoms with Crippen LogP contribution in [0.1, 0.15) is 24.0 Å². The molecule has 1 atom stereocenters. The van der Waals surface area contributed by atoms with Crippen molar-refractivity contribution in [2.75, 3.05) is 32.8 Å². The maximum absolute atomic E-state index is 6.27. The van der Waals surface area contributed by atoms with Crippen molar-refractivity contribution in [3.05, 3.63) is 71.8 Å². The van der Waals surface area contributed by atoms with E-state index in [4.69, 9.17) is 14.2 Å². The molecular weight excluding hydrogens is 338 g/mol. The van der Waals surface area contributed by atoms with E-state index in [0.717, 1.165) is 38.9 Å². The number of hydrogen-bond donors (Lipinski definition) is 0. The predicted molar refractivity (Wildman–Crippen MR) is 105 cm³/mol. The second-order valence-corrected chi connectivity index (χ2v) is 7.54. The lowest BCUT2D eigenvalue weighted by molar-refractivity contribution is -0.199. The van der Waals surface area contributed by atoms with Crippen molar-refractivity contribution in [2.24, 2.45) is 0 Å². The van der Waals surface area contributed by atoms with E-state index in [0.29, 0.717) is 19.8 Å². The van der Waals surface area contributed by atoms with E-state index in [2.05, 4.69) is 47.4 Å². The maximum atomic E-state index is 6.27. The lowest BCUT2D eigenvalue weighted by Gasteiger charge is -2.38. The number of hydrogen-bond acceptors (Lipinski definition) is 4. The van der Waals surface area contributed by atoms with Crippen molar-refractivity contribution in [1.29, 1.82) is 0 Å². The van der Waals surface area contributed by atoms with Crippen LogP contribution in [-0.2, 0) is 27.2 Å². The van der Waals surface area contributed by atoms with Crippen LogP contribution in [0, 0.1) is 0 Å². The van der Waals surface area contributed by atoms with Crippen LogP contribution in [0.15, 0.2) is 60.7 Å². The number of nitrogens with zero attached hydrogens (tertiary/aromatic N) is 1. The van der Waals surface area contributed by atoms with Gasteiger partial charge in [0.1, 0.15) is 6.10 Å². The summed E-state index contributed by atoms with van der Waals surface area (Å²) < 4.78 is 18.2. The van der Waals surface area contributed by atoms with Crippen molar-refractivity contribution in [2.45, 2.75) is 37.8 Å². The Balaban J connectivity index is 1.17. The fraction of sp³-hybridized carbons (Fsp3) is 0.478. The number of benzene rings is 2. The van der Waals surface area contributed by atoms with Gasteiger partial charge in [-0.05, 0) is 17.5 Å². The van der Waals surface area contributed by atoms with Crippen LogP contribution in [0.4, 0.5) is 0 Å². The molecule has 1 spiro atoms. The van der Waals surface area contributed by atoms with Crippen LogP contribution in [0.5, 0.6) is 0 Å². The Bertz CT molecular complexity index is 683. The zero-order valence-electron chi connectivity index (χ0n) is 15.9. The van der Waals surface area contributed by atoms with E-state index >= 15 is 0 Å². The van der Waals surface area contributed by atoms with Crippen molar-refractivity contribution in [3.8, 4) is 0 Å². The summed E-state index contributed by atoms with van der Waals surface area (Å²) in [6.45, 7) is 5.02. The van der Waals surface area contributed by atoms with E-state index in [-0.39, 0.29) is 11.9 Å². The van der Waals surface area contributed by atoms with Crippen LogP contribution in [0.3, 0.4) is 0 Å². The molecular formula is C23H29NO3. The van der Waals surface area contributed by atoms with E-state index < -0.39 is 0 Å². The zero-order valence-corrected chi connectivity index (χ0v) is 15.9. The smallest absolute Gasteiger partial charge is 0.171 e. The first-order valence-electron chi connectivity index (χ1n) is 10.0. The molecule has 0 aliphatic carbocycles.